The van der Waals surface area contributed by atoms with Gasteiger partial charge in [0, 0.05) is 28.4 Å². The van der Waals surface area contributed by atoms with Crippen LogP contribution in [0.3, 0.4) is 0 Å². The third kappa shape index (κ3) is 4.22. The summed E-state index contributed by atoms with van der Waals surface area (Å²) in [5.74, 6) is 1.65. The molecule has 1 aliphatic heterocycles. The number of pyridine rings is 1. The van der Waals surface area contributed by atoms with Gasteiger partial charge < -0.3 is 5.32 Å². The van der Waals surface area contributed by atoms with E-state index in [4.69, 9.17) is 9.98 Å². The number of aryl methyl sites for hydroxylation is 1. The summed E-state index contributed by atoms with van der Waals surface area (Å²) >= 11 is 0. The average molecular weight is 453 g/mol. The van der Waals surface area contributed by atoms with E-state index in [0.717, 1.165) is 34.1 Å². The lowest BCUT2D eigenvalue weighted by Gasteiger charge is -2.22. The van der Waals surface area contributed by atoms with E-state index in [2.05, 4.69) is 83.1 Å². The molecule has 4 aromatic carbocycles. The zero-order chi connectivity index (χ0) is 23.6. The summed E-state index contributed by atoms with van der Waals surface area (Å²) < 4.78 is 0. The van der Waals surface area contributed by atoms with Gasteiger partial charge in [-0.3, -0.25) is 4.98 Å². The summed E-state index contributed by atoms with van der Waals surface area (Å²) in [7, 11) is 0. The summed E-state index contributed by atoms with van der Waals surface area (Å²) in [6.45, 7) is 2.05. The van der Waals surface area contributed by atoms with E-state index in [1.807, 2.05) is 49.5 Å². The van der Waals surface area contributed by atoms with Crippen LogP contribution in [0.2, 0.25) is 0 Å². The van der Waals surface area contributed by atoms with Crippen molar-refractivity contribution in [3.63, 3.8) is 0 Å². The van der Waals surface area contributed by atoms with E-state index >= 15 is 0 Å². The van der Waals surface area contributed by atoms with Crippen molar-refractivity contribution in [2.45, 2.75) is 13.1 Å². The monoisotopic (exact) mass is 452 g/mol. The molecule has 0 aliphatic carbocycles. The van der Waals surface area contributed by atoms with Gasteiger partial charge in [-0.15, -0.1) is 0 Å². The zero-order valence-corrected chi connectivity index (χ0v) is 19.4. The average Bonchev–Trinajstić information content (AvgIpc) is 2.94. The van der Waals surface area contributed by atoms with Gasteiger partial charge in [-0.25, -0.2) is 9.98 Å². The van der Waals surface area contributed by atoms with Gasteiger partial charge >= 0.3 is 0 Å². The van der Waals surface area contributed by atoms with E-state index in [1.54, 1.807) is 0 Å². The minimum absolute atomic E-state index is 0.318. The molecule has 0 amide bonds. The Balaban J connectivity index is 1.36. The molecule has 0 spiro atoms. The number of nitrogens with zero attached hydrogens (tertiary/aromatic N) is 3. The molecule has 0 bridgehead atoms. The number of nitrogens with one attached hydrogen (secondary N) is 1. The van der Waals surface area contributed by atoms with Crippen LogP contribution in [0.5, 0.6) is 0 Å². The molecule has 6 rings (SSSR count). The van der Waals surface area contributed by atoms with Gasteiger partial charge in [0.15, 0.2) is 6.17 Å². The SMILES string of the molecule is Cc1nccc2cc(-c3ccc(C4N=C(c5ccccc5)NC(c5ccccc5)=N4)cc3)ccc12. The standard InChI is InChI=1S/C31H24N4/c1-21-28-17-16-26(20-27(28)18-19-32-21)22-12-14-25(15-13-22)31-34-29(23-8-4-2-5-9-23)33-30(35-31)24-10-6-3-7-11-24/h2-20,31H,1H3,(H,33,34,35). The number of hydrogen-bond acceptors (Lipinski definition) is 4. The molecule has 2 heterocycles. The smallest absolute Gasteiger partial charge is 0.169 e. The molecule has 0 saturated heterocycles. The van der Waals surface area contributed by atoms with Gasteiger partial charge in [0.25, 0.3) is 0 Å². The Morgan fingerprint density at radius 1 is 0.600 bits per heavy atom. The second kappa shape index (κ2) is 8.99. The van der Waals surface area contributed by atoms with Crippen molar-refractivity contribution in [3.05, 3.63) is 138 Å². The van der Waals surface area contributed by atoms with Crippen LogP contribution in [0.4, 0.5) is 0 Å². The van der Waals surface area contributed by atoms with Crippen LogP contribution in [-0.2, 0) is 0 Å². The van der Waals surface area contributed by atoms with Crippen molar-refractivity contribution in [1.82, 2.24) is 10.3 Å². The van der Waals surface area contributed by atoms with Gasteiger partial charge in [-0.05, 0) is 41.1 Å². The van der Waals surface area contributed by atoms with Crippen molar-refractivity contribution < 1.29 is 0 Å². The molecular weight excluding hydrogens is 428 g/mol. The maximum absolute atomic E-state index is 4.96. The minimum atomic E-state index is -0.318. The first kappa shape index (κ1) is 21.0. The molecule has 168 valence electrons. The van der Waals surface area contributed by atoms with Gasteiger partial charge in [-0.2, -0.15) is 0 Å². The number of aromatic nitrogens is 1. The predicted octanol–water partition coefficient (Wildman–Crippen LogP) is 6.71. The number of amidine groups is 2. The maximum Gasteiger partial charge on any atom is 0.169 e. The summed E-state index contributed by atoms with van der Waals surface area (Å²) in [5.41, 5.74) is 6.53. The fourth-order valence-electron chi connectivity index (χ4n) is 4.44. The van der Waals surface area contributed by atoms with Gasteiger partial charge in [-0.1, -0.05) is 97.1 Å². The number of benzene rings is 4. The van der Waals surface area contributed by atoms with Crippen LogP contribution in [0.1, 0.15) is 28.6 Å². The summed E-state index contributed by atoms with van der Waals surface area (Å²) in [6.07, 6.45) is 1.55. The van der Waals surface area contributed by atoms with Crippen LogP contribution >= 0.6 is 0 Å². The van der Waals surface area contributed by atoms with E-state index in [9.17, 15) is 0 Å². The Kier molecular flexibility index (Phi) is 5.39. The minimum Gasteiger partial charge on any atom is -0.324 e. The first-order valence-electron chi connectivity index (χ1n) is 11.7. The molecule has 1 aliphatic rings. The number of fused-ring (bicyclic) bond motifs is 1. The number of rotatable bonds is 4. The Morgan fingerprint density at radius 3 is 1.83 bits per heavy atom. The molecule has 4 nitrogen and oxygen atoms in total. The Morgan fingerprint density at radius 2 is 1.20 bits per heavy atom. The number of hydrogen-bond donors (Lipinski definition) is 1. The van der Waals surface area contributed by atoms with Crippen LogP contribution in [0, 0.1) is 6.92 Å². The maximum atomic E-state index is 4.96. The van der Waals surface area contributed by atoms with Crippen LogP contribution in [0.15, 0.2) is 125 Å². The molecule has 0 radical (unpaired) electrons. The van der Waals surface area contributed by atoms with Crippen molar-refractivity contribution in [3.8, 4) is 11.1 Å². The molecule has 0 saturated carbocycles. The summed E-state index contributed by atoms with van der Waals surface area (Å²) in [5, 5.41) is 5.83. The molecule has 1 aromatic heterocycles. The molecule has 0 atom stereocenters. The highest BCUT2D eigenvalue weighted by Crippen LogP contribution is 2.29. The van der Waals surface area contributed by atoms with Crippen molar-refractivity contribution in [1.29, 1.82) is 0 Å². The fourth-order valence-corrected chi connectivity index (χ4v) is 4.44. The second-order valence-corrected chi connectivity index (χ2v) is 8.64. The zero-order valence-electron chi connectivity index (χ0n) is 19.4. The van der Waals surface area contributed by atoms with E-state index < -0.39 is 0 Å². The van der Waals surface area contributed by atoms with Gasteiger partial charge in [0.1, 0.15) is 11.7 Å². The molecule has 0 unspecified atom stereocenters. The van der Waals surface area contributed by atoms with Crippen LogP contribution < -0.4 is 5.32 Å². The summed E-state index contributed by atoms with van der Waals surface area (Å²) in [6, 6.07) is 37.6. The van der Waals surface area contributed by atoms with E-state index in [0.29, 0.717) is 0 Å². The molecule has 0 fully saturated rings. The molecular formula is C31H24N4. The highest BCUT2D eigenvalue weighted by atomic mass is 15.2. The quantitative estimate of drug-likeness (QED) is 0.330. The highest BCUT2D eigenvalue weighted by Gasteiger charge is 2.20. The topological polar surface area (TPSA) is 49.6 Å². The second-order valence-electron chi connectivity index (χ2n) is 8.64. The molecule has 35 heavy (non-hydrogen) atoms. The first-order valence-corrected chi connectivity index (χ1v) is 11.7. The normalized spacial score (nSPS) is 13.7. The van der Waals surface area contributed by atoms with Crippen molar-refractivity contribution >= 4 is 22.4 Å². The lowest BCUT2D eigenvalue weighted by molar-refractivity contribution is 0.756. The van der Waals surface area contributed by atoms with Crippen molar-refractivity contribution in [2.24, 2.45) is 9.98 Å². The Hall–Kier alpha value is -4.57. The largest absolute Gasteiger partial charge is 0.324 e. The Bertz CT molecular complexity index is 1500. The molecule has 1 N–H and O–H groups in total. The number of aliphatic imine (C=N–C) groups is 2. The fraction of sp³-hybridized carbons (Fsp3) is 0.0645. The Labute approximate surface area is 204 Å². The predicted molar refractivity (Wildman–Crippen MR) is 144 cm³/mol. The molecule has 4 heteroatoms. The van der Waals surface area contributed by atoms with E-state index in [-0.39, 0.29) is 6.17 Å². The summed E-state index contributed by atoms with van der Waals surface area (Å²) in [4.78, 5) is 14.3. The van der Waals surface area contributed by atoms with Crippen LogP contribution in [0.25, 0.3) is 21.9 Å². The lowest BCUT2D eigenvalue weighted by Crippen LogP contribution is -2.35. The van der Waals surface area contributed by atoms with Crippen molar-refractivity contribution in [2.75, 3.05) is 0 Å². The molecule has 5 aromatic rings. The third-order valence-corrected chi connectivity index (χ3v) is 6.34. The highest BCUT2D eigenvalue weighted by molar-refractivity contribution is 6.15. The van der Waals surface area contributed by atoms with Crippen LogP contribution in [-0.4, -0.2) is 16.7 Å². The lowest BCUT2D eigenvalue weighted by atomic mass is 9.99. The first-order chi connectivity index (χ1) is 17.2. The van der Waals surface area contributed by atoms with Gasteiger partial charge in [0.05, 0.1) is 0 Å². The van der Waals surface area contributed by atoms with E-state index in [1.165, 1.54) is 21.9 Å². The third-order valence-electron chi connectivity index (χ3n) is 6.34. The van der Waals surface area contributed by atoms with Gasteiger partial charge in [0.2, 0.25) is 0 Å².